The summed E-state index contributed by atoms with van der Waals surface area (Å²) >= 11 is 0. The van der Waals surface area contributed by atoms with E-state index in [9.17, 15) is 28.3 Å². The quantitative estimate of drug-likeness (QED) is 0.673. The van der Waals surface area contributed by atoms with Crippen molar-refractivity contribution in [3.8, 4) is 11.1 Å². The molecule has 2 aromatic rings. The summed E-state index contributed by atoms with van der Waals surface area (Å²) in [6, 6.07) is 14.0. The van der Waals surface area contributed by atoms with Crippen molar-refractivity contribution in [1.29, 1.82) is 0 Å². The summed E-state index contributed by atoms with van der Waals surface area (Å²) in [6.07, 6.45) is -1.86. The van der Waals surface area contributed by atoms with Crippen molar-refractivity contribution in [3.05, 3.63) is 59.7 Å². The molecule has 2 saturated heterocycles. The van der Waals surface area contributed by atoms with Crippen molar-refractivity contribution >= 4 is 18.0 Å². The largest absolute Gasteiger partial charge is 0.480 e. The van der Waals surface area contributed by atoms with Gasteiger partial charge in [0.25, 0.3) is 11.8 Å². The maximum absolute atomic E-state index is 14.0. The van der Waals surface area contributed by atoms with Crippen molar-refractivity contribution in [1.82, 2.24) is 10.2 Å². The maximum Gasteiger partial charge on any atom is 0.408 e. The average molecular weight is 486 g/mol. The number of ether oxygens (including phenoxy) is 2. The molecule has 2 fully saturated rings. The van der Waals surface area contributed by atoms with E-state index in [2.05, 4.69) is 5.32 Å². The van der Waals surface area contributed by atoms with Gasteiger partial charge in [0.05, 0.1) is 13.2 Å². The Morgan fingerprint density at radius 3 is 2.29 bits per heavy atom. The van der Waals surface area contributed by atoms with Gasteiger partial charge in [0.1, 0.15) is 18.2 Å². The van der Waals surface area contributed by atoms with Crippen LogP contribution in [0.3, 0.4) is 0 Å². The van der Waals surface area contributed by atoms with Gasteiger partial charge in [-0.15, -0.1) is 0 Å². The summed E-state index contributed by atoms with van der Waals surface area (Å²) in [6.45, 7) is -1.18. The number of fused-ring (bicyclic) bond motifs is 3. The SMILES string of the molecule is O=C(NC1(C(=O)N2CC(F)(F)C[C@H]2C(=O)O)CCOC1)OCC1c2ccccc2-c2ccccc21. The Bertz CT molecular complexity index is 1130. The summed E-state index contributed by atoms with van der Waals surface area (Å²) in [7, 11) is 0. The summed E-state index contributed by atoms with van der Waals surface area (Å²) < 4.78 is 38.8. The first-order valence-corrected chi connectivity index (χ1v) is 11.3. The number of benzene rings is 2. The highest BCUT2D eigenvalue weighted by Gasteiger charge is 2.56. The number of carbonyl (C=O) groups excluding carboxylic acids is 2. The predicted molar refractivity (Wildman–Crippen MR) is 119 cm³/mol. The number of carbonyl (C=O) groups is 3. The van der Waals surface area contributed by atoms with Gasteiger partial charge >= 0.3 is 12.1 Å². The number of carboxylic acids is 1. The first kappa shape index (κ1) is 23.2. The Kier molecular flexibility index (Phi) is 5.71. The third-order valence-electron chi connectivity index (χ3n) is 6.93. The second-order valence-electron chi connectivity index (χ2n) is 9.18. The molecule has 1 unspecified atom stereocenters. The number of amides is 2. The van der Waals surface area contributed by atoms with E-state index in [1.807, 2.05) is 48.5 Å². The van der Waals surface area contributed by atoms with E-state index in [4.69, 9.17) is 9.47 Å². The molecule has 2 aliphatic heterocycles. The van der Waals surface area contributed by atoms with E-state index in [1.165, 1.54) is 0 Å². The summed E-state index contributed by atoms with van der Waals surface area (Å²) in [4.78, 5) is 38.2. The zero-order chi connectivity index (χ0) is 24.8. The average Bonchev–Trinajstić information content (AvgIpc) is 3.52. The molecular formula is C25H24F2N2O6. The number of carboxylic acid groups (broad SMARTS) is 1. The fourth-order valence-electron chi connectivity index (χ4n) is 5.24. The molecule has 5 rings (SSSR count). The molecule has 0 radical (unpaired) electrons. The number of alkyl carbamates (subject to hydrolysis) is 1. The molecule has 0 saturated carbocycles. The van der Waals surface area contributed by atoms with Crippen molar-refractivity contribution in [3.63, 3.8) is 0 Å². The minimum atomic E-state index is -3.33. The van der Waals surface area contributed by atoms with Gasteiger partial charge in [-0.1, -0.05) is 48.5 Å². The molecule has 0 bridgehead atoms. The van der Waals surface area contributed by atoms with Crippen LogP contribution >= 0.6 is 0 Å². The molecular weight excluding hydrogens is 462 g/mol. The summed E-state index contributed by atoms with van der Waals surface area (Å²) in [5.41, 5.74) is 2.47. The van der Waals surface area contributed by atoms with E-state index in [1.54, 1.807) is 0 Å². The molecule has 3 aliphatic rings. The lowest BCUT2D eigenvalue weighted by atomic mass is 9.96. The van der Waals surface area contributed by atoms with Crippen LogP contribution in [0.1, 0.15) is 29.9 Å². The molecule has 0 spiro atoms. The monoisotopic (exact) mass is 486 g/mol. The topological polar surface area (TPSA) is 105 Å². The zero-order valence-electron chi connectivity index (χ0n) is 18.7. The van der Waals surface area contributed by atoms with E-state index < -0.39 is 48.4 Å². The molecule has 1 aliphatic carbocycles. The standard InChI is InChI=1S/C25H24F2N2O6/c26-25(27)11-20(21(30)31)29(13-25)22(32)24(9-10-34-14-24)28-23(33)35-12-19-17-7-3-1-5-15(17)16-6-2-4-8-18(16)19/h1-8,19-20H,9-14H2,(H,28,33)(H,30,31)/t20-,24?/m0/s1. The fraction of sp³-hybridized carbons (Fsp3) is 0.400. The highest BCUT2D eigenvalue weighted by atomic mass is 19.3. The van der Waals surface area contributed by atoms with Crippen LogP contribution < -0.4 is 5.32 Å². The van der Waals surface area contributed by atoms with Crippen molar-refractivity contribution in [2.24, 2.45) is 0 Å². The first-order chi connectivity index (χ1) is 16.7. The third-order valence-corrected chi connectivity index (χ3v) is 6.93. The Morgan fingerprint density at radius 2 is 1.71 bits per heavy atom. The fourth-order valence-corrected chi connectivity index (χ4v) is 5.24. The van der Waals surface area contributed by atoms with E-state index in [-0.39, 0.29) is 32.2 Å². The van der Waals surface area contributed by atoms with Gasteiger partial charge in [-0.2, -0.15) is 0 Å². The molecule has 2 amide bonds. The number of hydrogen-bond acceptors (Lipinski definition) is 5. The van der Waals surface area contributed by atoms with Crippen LogP contribution in [0.15, 0.2) is 48.5 Å². The van der Waals surface area contributed by atoms with Crippen LogP contribution in [0.5, 0.6) is 0 Å². The minimum absolute atomic E-state index is 0.00449. The molecule has 2 atom stereocenters. The lowest BCUT2D eigenvalue weighted by Crippen LogP contribution is -2.62. The number of nitrogens with one attached hydrogen (secondary N) is 1. The molecule has 10 heteroatoms. The lowest BCUT2D eigenvalue weighted by Gasteiger charge is -2.33. The van der Waals surface area contributed by atoms with Crippen LogP contribution in [-0.4, -0.2) is 71.8 Å². The van der Waals surface area contributed by atoms with Gasteiger partial charge in [-0.05, 0) is 22.3 Å². The number of nitrogens with zero attached hydrogens (tertiary/aromatic N) is 1. The Labute approximate surface area is 199 Å². The molecule has 184 valence electrons. The Morgan fingerprint density at radius 1 is 1.09 bits per heavy atom. The van der Waals surface area contributed by atoms with Crippen LogP contribution in [0.25, 0.3) is 11.1 Å². The minimum Gasteiger partial charge on any atom is -0.480 e. The van der Waals surface area contributed by atoms with Gasteiger partial charge in [-0.25, -0.2) is 18.4 Å². The third kappa shape index (κ3) is 4.12. The first-order valence-electron chi connectivity index (χ1n) is 11.3. The maximum atomic E-state index is 14.0. The van der Waals surface area contributed by atoms with Gasteiger partial charge < -0.3 is 24.8 Å². The van der Waals surface area contributed by atoms with Crippen molar-refractivity contribution < 1.29 is 37.7 Å². The number of rotatable bonds is 5. The van der Waals surface area contributed by atoms with Gasteiger partial charge in [-0.3, -0.25) is 4.79 Å². The smallest absolute Gasteiger partial charge is 0.408 e. The normalized spacial score (nSPS) is 24.6. The van der Waals surface area contributed by atoms with E-state index in [0.717, 1.165) is 22.3 Å². The summed E-state index contributed by atoms with van der Waals surface area (Å²) in [5.74, 6) is -5.96. The molecule has 35 heavy (non-hydrogen) atoms. The molecule has 0 aromatic heterocycles. The zero-order valence-corrected chi connectivity index (χ0v) is 18.7. The molecule has 2 aromatic carbocycles. The van der Waals surface area contributed by atoms with Crippen LogP contribution in [0.4, 0.5) is 13.6 Å². The second-order valence-corrected chi connectivity index (χ2v) is 9.18. The predicted octanol–water partition coefficient (Wildman–Crippen LogP) is 3.01. The highest BCUT2D eigenvalue weighted by molar-refractivity contribution is 5.94. The van der Waals surface area contributed by atoms with Gasteiger partial charge in [0.2, 0.25) is 0 Å². The second kappa shape index (κ2) is 8.60. The Hall–Kier alpha value is -3.53. The van der Waals surface area contributed by atoms with Gasteiger partial charge in [0.15, 0.2) is 0 Å². The number of halogens is 2. The molecule has 2 heterocycles. The number of alkyl halides is 2. The van der Waals surface area contributed by atoms with Crippen LogP contribution in [0, 0.1) is 0 Å². The highest BCUT2D eigenvalue weighted by Crippen LogP contribution is 2.44. The molecule has 2 N–H and O–H groups in total. The van der Waals surface area contributed by atoms with Gasteiger partial charge in [0, 0.05) is 25.4 Å². The van der Waals surface area contributed by atoms with Crippen molar-refractivity contribution in [2.45, 2.75) is 36.3 Å². The van der Waals surface area contributed by atoms with E-state index in [0.29, 0.717) is 4.90 Å². The number of aliphatic carboxylic acids is 1. The van der Waals surface area contributed by atoms with Crippen molar-refractivity contribution in [2.75, 3.05) is 26.4 Å². The summed E-state index contributed by atoms with van der Waals surface area (Å²) in [5, 5.41) is 11.9. The molecule has 8 nitrogen and oxygen atoms in total. The van der Waals surface area contributed by atoms with Crippen LogP contribution in [-0.2, 0) is 19.1 Å². The Balaban J connectivity index is 1.31. The number of likely N-dealkylation sites (tertiary alicyclic amines) is 1. The lowest BCUT2D eigenvalue weighted by molar-refractivity contribution is -0.151. The number of hydrogen-bond donors (Lipinski definition) is 2. The van der Waals surface area contributed by atoms with E-state index >= 15 is 0 Å². The van der Waals surface area contributed by atoms with Crippen LogP contribution in [0.2, 0.25) is 0 Å².